The van der Waals surface area contributed by atoms with Gasteiger partial charge in [-0.25, -0.2) is 0 Å². The van der Waals surface area contributed by atoms with Crippen LogP contribution in [0, 0.1) is 0 Å². The van der Waals surface area contributed by atoms with Crippen molar-refractivity contribution in [1.29, 1.82) is 0 Å². The zero-order valence-corrected chi connectivity index (χ0v) is 14.3. The van der Waals surface area contributed by atoms with E-state index < -0.39 is 9.28 Å². The van der Waals surface area contributed by atoms with Gasteiger partial charge in [0.2, 0.25) is 0 Å². The molecule has 0 fully saturated rings. The first-order chi connectivity index (χ1) is 8.35. The van der Waals surface area contributed by atoms with Crippen LogP contribution in [0.4, 0.5) is 0 Å². The Hall–Kier alpha value is 0.617. The summed E-state index contributed by atoms with van der Waals surface area (Å²) in [6, 6.07) is 1.18. The standard InChI is InChI=1S/C13H29BrO2Si/c1-3-15-17(16-4-2)13-11-9-7-5-6-8-10-12-14/h17H,3-13H2,1-2H3. The predicted octanol–water partition coefficient (Wildman–Crippen LogP) is 4.41. The third-order valence-electron chi connectivity index (χ3n) is 2.78. The van der Waals surface area contributed by atoms with Gasteiger partial charge in [0.05, 0.1) is 0 Å². The molecule has 2 nitrogen and oxygen atoms in total. The minimum Gasteiger partial charge on any atom is -0.397 e. The van der Waals surface area contributed by atoms with Gasteiger partial charge in [-0.1, -0.05) is 54.5 Å². The number of halogens is 1. The van der Waals surface area contributed by atoms with Crippen molar-refractivity contribution >= 4 is 25.2 Å². The first-order valence-corrected chi connectivity index (χ1v) is 10.0. The molecule has 0 aromatic rings. The van der Waals surface area contributed by atoms with E-state index in [1.807, 2.05) is 0 Å². The van der Waals surface area contributed by atoms with Crippen molar-refractivity contribution in [1.82, 2.24) is 0 Å². The summed E-state index contributed by atoms with van der Waals surface area (Å²) >= 11 is 3.47. The maximum absolute atomic E-state index is 5.65. The quantitative estimate of drug-likeness (QED) is 0.284. The van der Waals surface area contributed by atoms with Crippen molar-refractivity contribution in [3.05, 3.63) is 0 Å². The molecule has 0 rings (SSSR count). The van der Waals surface area contributed by atoms with Crippen LogP contribution in [0.5, 0.6) is 0 Å². The van der Waals surface area contributed by atoms with Crippen LogP contribution in [0.25, 0.3) is 0 Å². The van der Waals surface area contributed by atoms with Gasteiger partial charge in [-0.05, 0) is 26.3 Å². The Morgan fingerprint density at radius 3 is 1.71 bits per heavy atom. The summed E-state index contributed by atoms with van der Waals surface area (Å²) in [5.41, 5.74) is 0. The lowest BCUT2D eigenvalue weighted by Crippen LogP contribution is -2.22. The van der Waals surface area contributed by atoms with Crippen molar-refractivity contribution in [2.45, 2.75) is 64.8 Å². The lowest BCUT2D eigenvalue weighted by Gasteiger charge is -2.14. The fourth-order valence-corrected chi connectivity index (χ4v) is 4.07. The van der Waals surface area contributed by atoms with E-state index in [0.29, 0.717) is 0 Å². The SMILES string of the molecule is CCO[SiH](CCCCCCCCCBr)OCC. The summed E-state index contributed by atoms with van der Waals surface area (Å²) in [6.45, 7) is 5.73. The highest BCUT2D eigenvalue weighted by molar-refractivity contribution is 9.09. The fraction of sp³-hybridized carbons (Fsp3) is 1.00. The van der Waals surface area contributed by atoms with E-state index in [1.165, 1.54) is 51.0 Å². The van der Waals surface area contributed by atoms with E-state index in [9.17, 15) is 0 Å². The third kappa shape index (κ3) is 12.9. The molecule has 0 aliphatic heterocycles. The first-order valence-electron chi connectivity index (χ1n) is 7.14. The van der Waals surface area contributed by atoms with Crippen LogP contribution in [0.2, 0.25) is 6.04 Å². The normalized spacial score (nSPS) is 11.3. The molecule has 0 aliphatic carbocycles. The van der Waals surface area contributed by atoms with E-state index in [2.05, 4.69) is 29.8 Å². The molecule has 0 atom stereocenters. The summed E-state index contributed by atoms with van der Waals surface area (Å²) in [5.74, 6) is 0. The number of hydrogen-bond acceptors (Lipinski definition) is 2. The average molecular weight is 325 g/mol. The van der Waals surface area contributed by atoms with Gasteiger partial charge < -0.3 is 8.85 Å². The Morgan fingerprint density at radius 2 is 1.24 bits per heavy atom. The molecule has 0 spiro atoms. The fourth-order valence-electron chi connectivity index (χ4n) is 1.88. The minimum absolute atomic E-state index is 0.809. The molecule has 0 bridgehead atoms. The monoisotopic (exact) mass is 324 g/mol. The molecule has 0 radical (unpaired) electrons. The number of rotatable bonds is 13. The van der Waals surface area contributed by atoms with Gasteiger partial charge in [-0.15, -0.1) is 0 Å². The smallest absolute Gasteiger partial charge is 0.321 e. The largest absolute Gasteiger partial charge is 0.397 e. The molecular formula is C13H29BrO2Si. The molecule has 0 N–H and O–H groups in total. The van der Waals surface area contributed by atoms with Crippen molar-refractivity contribution < 1.29 is 8.85 Å². The average Bonchev–Trinajstić information content (AvgIpc) is 2.33. The van der Waals surface area contributed by atoms with E-state index in [1.54, 1.807) is 0 Å². The Bertz CT molecular complexity index is 141. The summed E-state index contributed by atoms with van der Waals surface area (Å²) in [4.78, 5) is 0. The zero-order valence-electron chi connectivity index (χ0n) is 11.5. The highest BCUT2D eigenvalue weighted by Gasteiger charge is 2.10. The highest BCUT2D eigenvalue weighted by atomic mass is 79.9. The molecule has 0 aromatic carbocycles. The minimum atomic E-state index is -1.31. The van der Waals surface area contributed by atoms with Crippen molar-refractivity contribution in [3.63, 3.8) is 0 Å². The van der Waals surface area contributed by atoms with Crippen molar-refractivity contribution in [3.8, 4) is 0 Å². The third-order valence-corrected chi connectivity index (χ3v) is 5.63. The number of unbranched alkanes of at least 4 members (excludes halogenated alkanes) is 6. The van der Waals surface area contributed by atoms with Gasteiger partial charge in [0.15, 0.2) is 0 Å². The zero-order chi connectivity index (χ0) is 12.8. The van der Waals surface area contributed by atoms with Crippen LogP contribution in [-0.4, -0.2) is 27.8 Å². The molecule has 104 valence electrons. The van der Waals surface area contributed by atoms with E-state index >= 15 is 0 Å². The summed E-state index contributed by atoms with van der Waals surface area (Å²) in [7, 11) is -1.31. The Labute approximate surface area is 117 Å². The highest BCUT2D eigenvalue weighted by Crippen LogP contribution is 2.11. The van der Waals surface area contributed by atoms with Gasteiger partial charge in [0.25, 0.3) is 0 Å². The van der Waals surface area contributed by atoms with E-state index in [4.69, 9.17) is 8.85 Å². The number of hydrogen-bond donors (Lipinski definition) is 0. The second kappa shape index (κ2) is 14.7. The molecule has 0 unspecified atom stereocenters. The van der Waals surface area contributed by atoms with Gasteiger partial charge in [0.1, 0.15) is 0 Å². The van der Waals surface area contributed by atoms with Crippen LogP contribution in [0.3, 0.4) is 0 Å². The maximum Gasteiger partial charge on any atom is 0.321 e. The topological polar surface area (TPSA) is 18.5 Å². The van der Waals surface area contributed by atoms with Crippen molar-refractivity contribution in [2.75, 3.05) is 18.5 Å². The Morgan fingerprint density at radius 1 is 0.765 bits per heavy atom. The van der Waals surface area contributed by atoms with Crippen molar-refractivity contribution in [2.24, 2.45) is 0 Å². The van der Waals surface area contributed by atoms with Gasteiger partial charge in [-0.3, -0.25) is 0 Å². The van der Waals surface area contributed by atoms with Crippen LogP contribution >= 0.6 is 15.9 Å². The van der Waals surface area contributed by atoms with Crippen LogP contribution in [0.15, 0.2) is 0 Å². The Kier molecular flexibility index (Phi) is 15.2. The predicted molar refractivity (Wildman–Crippen MR) is 81.3 cm³/mol. The van der Waals surface area contributed by atoms with E-state index in [-0.39, 0.29) is 0 Å². The lowest BCUT2D eigenvalue weighted by molar-refractivity contribution is 0.212. The van der Waals surface area contributed by atoms with Crippen LogP contribution in [-0.2, 0) is 8.85 Å². The summed E-state index contributed by atoms with van der Waals surface area (Å²) in [5, 5.41) is 1.16. The molecule has 0 saturated carbocycles. The molecular weight excluding hydrogens is 296 g/mol. The molecule has 0 heterocycles. The molecule has 0 aliphatic rings. The molecule has 4 heteroatoms. The first kappa shape index (κ1) is 17.6. The van der Waals surface area contributed by atoms with Gasteiger partial charge in [-0.2, -0.15) is 0 Å². The molecule has 0 saturated heterocycles. The van der Waals surface area contributed by atoms with E-state index in [0.717, 1.165) is 18.5 Å². The Balaban J connectivity index is 3.23. The second-order valence-corrected chi connectivity index (χ2v) is 7.19. The lowest BCUT2D eigenvalue weighted by atomic mass is 10.1. The van der Waals surface area contributed by atoms with Crippen LogP contribution in [0.1, 0.15) is 58.8 Å². The summed E-state index contributed by atoms with van der Waals surface area (Å²) < 4.78 is 11.3. The van der Waals surface area contributed by atoms with Gasteiger partial charge in [0, 0.05) is 18.5 Å². The number of alkyl halides is 1. The van der Waals surface area contributed by atoms with Gasteiger partial charge >= 0.3 is 9.28 Å². The second-order valence-electron chi connectivity index (χ2n) is 4.29. The maximum atomic E-state index is 5.65. The molecule has 17 heavy (non-hydrogen) atoms. The molecule has 0 aromatic heterocycles. The molecule has 0 amide bonds. The van der Waals surface area contributed by atoms with Crippen LogP contribution < -0.4 is 0 Å². The summed E-state index contributed by atoms with van der Waals surface area (Å²) in [6.07, 6.45) is 9.49.